The summed E-state index contributed by atoms with van der Waals surface area (Å²) in [5.74, 6) is 0.548. The van der Waals surface area contributed by atoms with E-state index in [-0.39, 0.29) is 24.2 Å². The standard InChI is InChI=1S/C22H24FN3O2S/c1-15-25-22(16-6-8-17(23)9-7-16)20(29-15)13-21(27)24-14-18(19-5-4-12-28-19)26-10-2-3-11-26/h4-9,12,18H,2-3,10-11,13-14H2,1H3,(H,24,27). The summed E-state index contributed by atoms with van der Waals surface area (Å²) in [4.78, 5) is 20.5. The summed E-state index contributed by atoms with van der Waals surface area (Å²) in [6, 6.07) is 10.1. The van der Waals surface area contributed by atoms with Crippen LogP contribution in [0.3, 0.4) is 0 Å². The number of furan rings is 1. The van der Waals surface area contributed by atoms with E-state index >= 15 is 0 Å². The summed E-state index contributed by atoms with van der Waals surface area (Å²) in [6.45, 7) is 4.46. The van der Waals surface area contributed by atoms with Gasteiger partial charge in [-0.05, 0) is 69.3 Å². The number of nitrogens with zero attached hydrogens (tertiary/aromatic N) is 2. The average molecular weight is 414 g/mol. The van der Waals surface area contributed by atoms with Gasteiger partial charge in [0.05, 0.1) is 29.4 Å². The van der Waals surface area contributed by atoms with Crippen molar-refractivity contribution in [3.8, 4) is 11.3 Å². The van der Waals surface area contributed by atoms with E-state index in [0.29, 0.717) is 6.54 Å². The first-order chi connectivity index (χ1) is 14.1. The van der Waals surface area contributed by atoms with Crippen molar-refractivity contribution in [2.75, 3.05) is 19.6 Å². The zero-order valence-corrected chi connectivity index (χ0v) is 17.2. The highest BCUT2D eigenvalue weighted by Crippen LogP contribution is 2.29. The third kappa shape index (κ3) is 4.74. The molecule has 5 nitrogen and oxygen atoms in total. The molecule has 1 saturated heterocycles. The Kier molecular flexibility index (Phi) is 6.06. The van der Waals surface area contributed by atoms with Crippen LogP contribution < -0.4 is 5.32 Å². The van der Waals surface area contributed by atoms with Crippen molar-refractivity contribution in [1.29, 1.82) is 0 Å². The third-order valence-electron chi connectivity index (χ3n) is 5.19. The van der Waals surface area contributed by atoms with Crippen LogP contribution in [0.4, 0.5) is 4.39 Å². The molecule has 1 N–H and O–H groups in total. The Balaban J connectivity index is 1.44. The number of aromatic nitrogens is 1. The molecule has 7 heteroatoms. The van der Waals surface area contributed by atoms with Gasteiger partial charge in [-0.2, -0.15) is 0 Å². The molecule has 0 radical (unpaired) electrons. The van der Waals surface area contributed by atoms with Gasteiger partial charge in [-0.1, -0.05) is 0 Å². The molecule has 1 atom stereocenters. The number of rotatable bonds is 7. The van der Waals surface area contributed by atoms with Crippen LogP contribution in [-0.4, -0.2) is 35.4 Å². The molecule has 1 aliphatic heterocycles. The van der Waals surface area contributed by atoms with Gasteiger partial charge in [0.1, 0.15) is 11.6 Å². The second-order valence-electron chi connectivity index (χ2n) is 7.27. The number of benzene rings is 1. The molecule has 2 aromatic heterocycles. The summed E-state index contributed by atoms with van der Waals surface area (Å²) < 4.78 is 18.9. The predicted molar refractivity (Wildman–Crippen MR) is 111 cm³/mol. The van der Waals surface area contributed by atoms with E-state index in [1.807, 2.05) is 19.1 Å². The Morgan fingerprint density at radius 1 is 1.28 bits per heavy atom. The van der Waals surface area contributed by atoms with E-state index < -0.39 is 0 Å². The van der Waals surface area contributed by atoms with Gasteiger partial charge in [-0.3, -0.25) is 9.69 Å². The molecular formula is C22H24FN3O2S. The summed E-state index contributed by atoms with van der Waals surface area (Å²) in [5.41, 5.74) is 1.58. The molecule has 1 aliphatic rings. The van der Waals surface area contributed by atoms with Gasteiger partial charge in [0.15, 0.2) is 0 Å². The number of hydrogen-bond donors (Lipinski definition) is 1. The highest BCUT2D eigenvalue weighted by Gasteiger charge is 2.26. The maximum Gasteiger partial charge on any atom is 0.225 e. The first-order valence-corrected chi connectivity index (χ1v) is 10.7. The van der Waals surface area contributed by atoms with Crippen molar-refractivity contribution in [2.24, 2.45) is 0 Å². The minimum atomic E-state index is -0.286. The molecule has 4 rings (SSSR count). The molecule has 0 saturated carbocycles. The number of hydrogen-bond acceptors (Lipinski definition) is 5. The van der Waals surface area contributed by atoms with Crippen molar-refractivity contribution in [1.82, 2.24) is 15.2 Å². The Morgan fingerprint density at radius 2 is 2.03 bits per heavy atom. The van der Waals surface area contributed by atoms with E-state index in [1.165, 1.54) is 36.3 Å². The average Bonchev–Trinajstić information content (AvgIpc) is 3.46. The highest BCUT2D eigenvalue weighted by atomic mass is 32.1. The number of halogens is 1. The minimum Gasteiger partial charge on any atom is -0.468 e. The maximum atomic E-state index is 13.2. The van der Waals surface area contributed by atoms with E-state index in [0.717, 1.165) is 40.0 Å². The van der Waals surface area contributed by atoms with Crippen molar-refractivity contribution < 1.29 is 13.6 Å². The second kappa shape index (κ2) is 8.88. The molecule has 1 aromatic carbocycles. The van der Waals surface area contributed by atoms with Crippen LogP contribution in [0.2, 0.25) is 0 Å². The zero-order valence-electron chi connectivity index (χ0n) is 16.4. The van der Waals surface area contributed by atoms with Crippen LogP contribution in [0.5, 0.6) is 0 Å². The van der Waals surface area contributed by atoms with E-state index in [2.05, 4.69) is 15.2 Å². The van der Waals surface area contributed by atoms with Crippen molar-refractivity contribution in [3.05, 3.63) is 64.1 Å². The maximum absolute atomic E-state index is 13.2. The van der Waals surface area contributed by atoms with Gasteiger partial charge in [0.2, 0.25) is 5.91 Å². The van der Waals surface area contributed by atoms with Crippen molar-refractivity contribution in [2.45, 2.75) is 32.2 Å². The van der Waals surface area contributed by atoms with Crippen LogP contribution in [0.1, 0.15) is 34.5 Å². The first-order valence-electron chi connectivity index (χ1n) is 9.86. The third-order valence-corrected chi connectivity index (χ3v) is 6.16. The van der Waals surface area contributed by atoms with E-state index in [1.54, 1.807) is 18.4 Å². The number of amides is 1. The number of carbonyl (C=O) groups excluding carboxylic acids is 1. The normalized spacial score (nSPS) is 15.5. The smallest absolute Gasteiger partial charge is 0.225 e. The summed E-state index contributed by atoms with van der Waals surface area (Å²) in [7, 11) is 0. The molecular weight excluding hydrogens is 389 g/mol. The predicted octanol–water partition coefficient (Wildman–Crippen LogP) is 4.35. The highest BCUT2D eigenvalue weighted by molar-refractivity contribution is 7.12. The van der Waals surface area contributed by atoms with Crippen LogP contribution in [-0.2, 0) is 11.2 Å². The summed E-state index contributed by atoms with van der Waals surface area (Å²) >= 11 is 1.50. The van der Waals surface area contributed by atoms with Gasteiger partial charge >= 0.3 is 0 Å². The Morgan fingerprint density at radius 3 is 2.72 bits per heavy atom. The lowest BCUT2D eigenvalue weighted by atomic mass is 10.1. The van der Waals surface area contributed by atoms with Crippen LogP contribution in [0.25, 0.3) is 11.3 Å². The number of carbonyl (C=O) groups is 1. The largest absolute Gasteiger partial charge is 0.468 e. The lowest BCUT2D eigenvalue weighted by Crippen LogP contribution is -2.37. The summed E-state index contributed by atoms with van der Waals surface area (Å²) in [5, 5.41) is 3.96. The number of aryl methyl sites for hydroxylation is 1. The van der Waals surface area contributed by atoms with Crippen LogP contribution >= 0.6 is 11.3 Å². The lowest BCUT2D eigenvalue weighted by molar-refractivity contribution is -0.120. The molecule has 3 heterocycles. The van der Waals surface area contributed by atoms with E-state index in [9.17, 15) is 9.18 Å². The zero-order chi connectivity index (χ0) is 20.2. The first kappa shape index (κ1) is 19.8. The molecule has 1 unspecified atom stereocenters. The van der Waals surface area contributed by atoms with Gasteiger partial charge in [-0.25, -0.2) is 9.37 Å². The van der Waals surface area contributed by atoms with Gasteiger partial charge in [0.25, 0.3) is 0 Å². The molecule has 1 fully saturated rings. The molecule has 0 aliphatic carbocycles. The number of likely N-dealkylation sites (tertiary alicyclic amines) is 1. The minimum absolute atomic E-state index is 0.0484. The van der Waals surface area contributed by atoms with Crippen molar-refractivity contribution >= 4 is 17.2 Å². The fourth-order valence-electron chi connectivity index (χ4n) is 3.78. The fourth-order valence-corrected chi connectivity index (χ4v) is 4.74. The monoisotopic (exact) mass is 413 g/mol. The Bertz CT molecular complexity index is 947. The number of thiazole rings is 1. The Labute approximate surface area is 173 Å². The Hall–Kier alpha value is -2.51. The fraction of sp³-hybridized carbons (Fsp3) is 0.364. The lowest BCUT2D eigenvalue weighted by Gasteiger charge is -2.26. The molecule has 0 spiro atoms. The van der Waals surface area contributed by atoms with Crippen LogP contribution in [0.15, 0.2) is 47.1 Å². The van der Waals surface area contributed by atoms with Gasteiger partial charge in [-0.15, -0.1) is 11.3 Å². The SMILES string of the molecule is Cc1nc(-c2ccc(F)cc2)c(CC(=O)NCC(c2ccco2)N2CCCC2)s1. The van der Waals surface area contributed by atoms with Crippen molar-refractivity contribution in [3.63, 3.8) is 0 Å². The molecule has 0 bridgehead atoms. The van der Waals surface area contributed by atoms with E-state index in [4.69, 9.17) is 4.42 Å². The van der Waals surface area contributed by atoms with Gasteiger partial charge in [0, 0.05) is 17.0 Å². The molecule has 3 aromatic rings. The second-order valence-corrected chi connectivity index (χ2v) is 8.55. The molecule has 29 heavy (non-hydrogen) atoms. The van der Waals surface area contributed by atoms with Crippen LogP contribution in [0, 0.1) is 12.7 Å². The molecule has 1 amide bonds. The summed E-state index contributed by atoms with van der Waals surface area (Å²) in [6.07, 6.45) is 4.27. The topological polar surface area (TPSA) is 58.4 Å². The van der Waals surface area contributed by atoms with Gasteiger partial charge < -0.3 is 9.73 Å². The number of nitrogens with one attached hydrogen (secondary N) is 1. The molecule has 152 valence electrons. The quantitative estimate of drug-likeness (QED) is 0.626.